The Balaban J connectivity index is 0.00000200. The fourth-order valence-electron chi connectivity index (χ4n) is 1.61. The number of amides is 1. The highest BCUT2D eigenvalue weighted by atomic mass is 35.5. The van der Waals surface area contributed by atoms with Crippen LogP contribution in [0.1, 0.15) is 17.5 Å². The maximum absolute atomic E-state index is 11.9. The molecule has 0 fully saturated rings. The molecule has 0 saturated heterocycles. The number of hydrogen-bond acceptors (Lipinski definition) is 5. The number of carbonyl (C=O) groups is 1. The van der Waals surface area contributed by atoms with Gasteiger partial charge >= 0.3 is 0 Å². The molecular weight excluding hydrogens is 296 g/mol. The molecule has 0 aliphatic carbocycles. The molecule has 5 nitrogen and oxygen atoms in total. The van der Waals surface area contributed by atoms with E-state index in [2.05, 4.69) is 15.5 Å². The van der Waals surface area contributed by atoms with Crippen molar-refractivity contribution in [3.63, 3.8) is 0 Å². The maximum atomic E-state index is 11.9. The lowest BCUT2D eigenvalue weighted by atomic mass is 10.1. The molecule has 0 radical (unpaired) electrons. The predicted octanol–water partition coefficient (Wildman–Crippen LogP) is 2.03. The zero-order valence-electron chi connectivity index (χ0n) is 11.1. The van der Waals surface area contributed by atoms with Crippen LogP contribution in [-0.2, 0) is 17.6 Å². The average Bonchev–Trinajstić information content (AvgIpc) is 2.87. The number of aromatic nitrogens is 2. The van der Waals surface area contributed by atoms with Crippen LogP contribution in [0.4, 0.5) is 5.13 Å². The molecule has 1 aromatic carbocycles. The van der Waals surface area contributed by atoms with Crippen molar-refractivity contribution in [3.8, 4) is 0 Å². The summed E-state index contributed by atoms with van der Waals surface area (Å²) in [6, 6.07) is 9.11. The van der Waals surface area contributed by atoms with E-state index in [1.54, 1.807) is 0 Å². The van der Waals surface area contributed by atoms with E-state index in [1.807, 2.05) is 37.3 Å². The Morgan fingerprint density at radius 1 is 1.35 bits per heavy atom. The number of benzene rings is 1. The maximum Gasteiger partial charge on any atom is 0.243 e. The van der Waals surface area contributed by atoms with Crippen molar-refractivity contribution in [2.45, 2.75) is 25.8 Å². The van der Waals surface area contributed by atoms with E-state index in [4.69, 9.17) is 5.73 Å². The molecule has 1 atom stereocenters. The quantitative estimate of drug-likeness (QED) is 0.885. The highest BCUT2D eigenvalue weighted by Crippen LogP contribution is 2.15. The van der Waals surface area contributed by atoms with Gasteiger partial charge in [-0.05, 0) is 18.4 Å². The van der Waals surface area contributed by atoms with Crippen molar-refractivity contribution >= 4 is 34.8 Å². The van der Waals surface area contributed by atoms with Gasteiger partial charge in [0.25, 0.3) is 0 Å². The third-order valence-electron chi connectivity index (χ3n) is 2.63. The van der Waals surface area contributed by atoms with Crippen LogP contribution in [0.2, 0.25) is 0 Å². The lowest BCUT2D eigenvalue weighted by molar-refractivity contribution is -0.117. The lowest BCUT2D eigenvalue weighted by Gasteiger charge is -2.10. The molecule has 0 spiro atoms. The van der Waals surface area contributed by atoms with Crippen molar-refractivity contribution in [1.82, 2.24) is 10.2 Å². The fraction of sp³-hybridized carbons (Fsp3) is 0.308. The van der Waals surface area contributed by atoms with Crippen molar-refractivity contribution < 1.29 is 4.79 Å². The van der Waals surface area contributed by atoms with Crippen molar-refractivity contribution in [1.29, 1.82) is 0 Å². The van der Waals surface area contributed by atoms with Gasteiger partial charge in [0.2, 0.25) is 11.0 Å². The number of nitrogens with one attached hydrogen (secondary N) is 1. The van der Waals surface area contributed by atoms with Crippen LogP contribution < -0.4 is 11.1 Å². The Bertz CT molecular complexity index is 546. The molecule has 3 N–H and O–H groups in total. The van der Waals surface area contributed by atoms with Crippen LogP contribution in [-0.4, -0.2) is 22.1 Å². The lowest BCUT2D eigenvalue weighted by Crippen LogP contribution is -2.37. The van der Waals surface area contributed by atoms with E-state index < -0.39 is 6.04 Å². The third kappa shape index (κ3) is 4.56. The molecule has 1 heterocycles. The second-order valence-corrected chi connectivity index (χ2v) is 5.20. The minimum Gasteiger partial charge on any atom is -0.320 e. The summed E-state index contributed by atoms with van der Waals surface area (Å²) in [6.45, 7) is 1.99. The highest BCUT2D eigenvalue weighted by molar-refractivity contribution is 7.15. The molecule has 1 amide bonds. The monoisotopic (exact) mass is 312 g/mol. The standard InChI is InChI=1S/C13H16N4OS.ClH/c1-2-11-16-17-13(19-11)15-12(18)10(14)8-9-6-4-3-5-7-9;/h3-7,10H,2,8,14H2,1H3,(H,15,17,18);1H/t10-;/m0./s1. The molecule has 0 saturated carbocycles. The van der Waals surface area contributed by atoms with E-state index in [9.17, 15) is 4.79 Å². The van der Waals surface area contributed by atoms with Gasteiger partial charge in [-0.25, -0.2) is 0 Å². The first-order chi connectivity index (χ1) is 9.19. The number of anilines is 1. The Labute approximate surface area is 128 Å². The fourth-order valence-corrected chi connectivity index (χ4v) is 2.29. The molecule has 2 rings (SSSR count). The van der Waals surface area contributed by atoms with Crippen LogP contribution in [0.15, 0.2) is 30.3 Å². The summed E-state index contributed by atoms with van der Waals surface area (Å²) in [5, 5.41) is 11.9. The highest BCUT2D eigenvalue weighted by Gasteiger charge is 2.15. The molecule has 20 heavy (non-hydrogen) atoms. The Morgan fingerprint density at radius 3 is 2.65 bits per heavy atom. The second-order valence-electron chi connectivity index (χ2n) is 4.14. The van der Waals surface area contributed by atoms with Crippen molar-refractivity contribution in [3.05, 3.63) is 40.9 Å². The topological polar surface area (TPSA) is 80.9 Å². The SMILES string of the molecule is CCc1nnc(NC(=O)[C@@H](N)Cc2ccccc2)s1.Cl. The number of rotatable bonds is 5. The summed E-state index contributed by atoms with van der Waals surface area (Å²) in [5.74, 6) is -0.234. The minimum atomic E-state index is -0.587. The van der Waals surface area contributed by atoms with E-state index >= 15 is 0 Å². The Hall–Kier alpha value is -1.50. The molecule has 108 valence electrons. The van der Waals surface area contributed by atoms with Gasteiger partial charge in [-0.15, -0.1) is 22.6 Å². The predicted molar refractivity (Wildman–Crippen MR) is 83.3 cm³/mol. The molecule has 0 aliphatic heterocycles. The van der Waals surface area contributed by atoms with Gasteiger partial charge in [-0.3, -0.25) is 10.1 Å². The van der Waals surface area contributed by atoms with Gasteiger partial charge in [0.05, 0.1) is 6.04 Å². The molecule has 0 bridgehead atoms. The summed E-state index contributed by atoms with van der Waals surface area (Å²) < 4.78 is 0. The first-order valence-corrected chi connectivity index (χ1v) is 6.93. The van der Waals surface area contributed by atoms with E-state index in [1.165, 1.54) is 11.3 Å². The largest absolute Gasteiger partial charge is 0.320 e. The Morgan fingerprint density at radius 2 is 2.05 bits per heavy atom. The number of nitrogens with two attached hydrogens (primary N) is 1. The van der Waals surface area contributed by atoms with Crippen LogP contribution in [0, 0.1) is 0 Å². The molecular formula is C13H17ClN4OS. The van der Waals surface area contributed by atoms with Crippen LogP contribution in [0.25, 0.3) is 0 Å². The van der Waals surface area contributed by atoms with Gasteiger partial charge in [-0.2, -0.15) is 0 Å². The van der Waals surface area contributed by atoms with Crippen molar-refractivity contribution in [2.75, 3.05) is 5.32 Å². The van der Waals surface area contributed by atoms with Gasteiger partial charge in [0.15, 0.2) is 0 Å². The zero-order chi connectivity index (χ0) is 13.7. The van der Waals surface area contributed by atoms with Crippen molar-refractivity contribution in [2.24, 2.45) is 5.73 Å². The van der Waals surface area contributed by atoms with Gasteiger partial charge in [-0.1, -0.05) is 48.6 Å². The normalized spacial score (nSPS) is 11.5. The molecule has 7 heteroatoms. The second kappa shape index (κ2) is 7.94. The first kappa shape index (κ1) is 16.6. The molecule has 0 unspecified atom stereocenters. The minimum absolute atomic E-state index is 0. The van der Waals surface area contributed by atoms with Gasteiger partial charge < -0.3 is 5.73 Å². The number of carbonyl (C=O) groups excluding carboxylic acids is 1. The smallest absolute Gasteiger partial charge is 0.243 e. The molecule has 2 aromatic rings. The summed E-state index contributed by atoms with van der Waals surface area (Å²) in [4.78, 5) is 11.9. The Kier molecular flexibility index (Phi) is 6.57. The number of nitrogens with zero attached hydrogens (tertiary/aromatic N) is 2. The van der Waals surface area contributed by atoms with Crippen LogP contribution in [0.5, 0.6) is 0 Å². The van der Waals surface area contributed by atoms with Gasteiger partial charge in [0.1, 0.15) is 5.01 Å². The first-order valence-electron chi connectivity index (χ1n) is 6.11. The number of aryl methyl sites for hydroxylation is 1. The van der Waals surface area contributed by atoms with Crippen LogP contribution >= 0.6 is 23.7 Å². The zero-order valence-corrected chi connectivity index (χ0v) is 12.7. The van der Waals surface area contributed by atoms with E-state index in [0.29, 0.717) is 11.6 Å². The van der Waals surface area contributed by atoms with E-state index in [0.717, 1.165) is 17.0 Å². The molecule has 0 aliphatic rings. The van der Waals surface area contributed by atoms with Crippen LogP contribution in [0.3, 0.4) is 0 Å². The van der Waals surface area contributed by atoms with Gasteiger partial charge in [0, 0.05) is 0 Å². The molecule has 1 aromatic heterocycles. The third-order valence-corrected chi connectivity index (χ3v) is 3.62. The summed E-state index contributed by atoms with van der Waals surface area (Å²) in [7, 11) is 0. The summed E-state index contributed by atoms with van der Waals surface area (Å²) >= 11 is 1.38. The summed E-state index contributed by atoms with van der Waals surface area (Å²) in [5.41, 5.74) is 6.92. The number of halogens is 1. The summed E-state index contributed by atoms with van der Waals surface area (Å²) in [6.07, 6.45) is 1.32. The average molecular weight is 313 g/mol. The van der Waals surface area contributed by atoms with E-state index in [-0.39, 0.29) is 18.3 Å². The number of hydrogen-bond donors (Lipinski definition) is 2.